The van der Waals surface area contributed by atoms with Gasteiger partial charge in [0, 0.05) is 12.6 Å². The van der Waals surface area contributed by atoms with E-state index in [0.29, 0.717) is 12.0 Å². The molecule has 1 saturated carbocycles. The summed E-state index contributed by atoms with van der Waals surface area (Å²) in [6.07, 6.45) is 4.62. The molecule has 1 aliphatic carbocycles. The molecule has 0 bridgehead atoms. The third-order valence-corrected chi connectivity index (χ3v) is 4.12. The van der Waals surface area contributed by atoms with Gasteiger partial charge >= 0.3 is 0 Å². The highest BCUT2D eigenvalue weighted by Crippen LogP contribution is 2.30. The quantitative estimate of drug-likeness (QED) is 0.884. The summed E-state index contributed by atoms with van der Waals surface area (Å²) in [5, 5.41) is 5.27. The minimum Gasteiger partial charge on any atom is -0.327 e. The van der Waals surface area contributed by atoms with Gasteiger partial charge in [-0.2, -0.15) is 5.10 Å². The topological polar surface area (TPSA) is 43.8 Å². The number of rotatable bonds is 3. The molecule has 3 nitrogen and oxygen atoms in total. The Hall–Kier alpha value is -0.540. The molecule has 90 valence electrons. The van der Waals surface area contributed by atoms with Gasteiger partial charge in [0.2, 0.25) is 0 Å². The van der Waals surface area contributed by atoms with Gasteiger partial charge < -0.3 is 5.73 Å². The van der Waals surface area contributed by atoms with Crippen LogP contribution in [0.4, 0.5) is 0 Å². The third-order valence-electron chi connectivity index (χ3n) is 3.63. The van der Waals surface area contributed by atoms with Gasteiger partial charge in [0.05, 0.1) is 16.4 Å². The lowest BCUT2D eigenvalue weighted by atomic mass is 9.98. The van der Waals surface area contributed by atoms with Gasteiger partial charge in [0.25, 0.3) is 0 Å². The lowest BCUT2D eigenvalue weighted by molar-refractivity contribution is 0.457. The van der Waals surface area contributed by atoms with E-state index in [2.05, 4.69) is 12.0 Å². The molecule has 0 saturated heterocycles. The van der Waals surface area contributed by atoms with Gasteiger partial charge in [-0.25, -0.2) is 0 Å². The first kappa shape index (κ1) is 11.9. The predicted octanol–water partition coefficient (Wildman–Crippen LogP) is 2.53. The molecule has 1 aromatic rings. The van der Waals surface area contributed by atoms with Crippen LogP contribution in [0.1, 0.15) is 37.6 Å². The fourth-order valence-electron chi connectivity index (χ4n) is 2.63. The van der Waals surface area contributed by atoms with Crippen molar-refractivity contribution < 1.29 is 0 Å². The second-order valence-corrected chi connectivity index (χ2v) is 5.10. The van der Waals surface area contributed by atoms with Gasteiger partial charge in [-0.05, 0) is 39.0 Å². The first-order chi connectivity index (χ1) is 7.63. The fourth-order valence-corrected chi connectivity index (χ4v) is 2.84. The Kier molecular flexibility index (Phi) is 3.55. The predicted molar refractivity (Wildman–Crippen MR) is 66.7 cm³/mol. The average molecular weight is 242 g/mol. The molecule has 1 fully saturated rings. The molecule has 16 heavy (non-hydrogen) atoms. The summed E-state index contributed by atoms with van der Waals surface area (Å²) in [5.41, 5.74) is 8.21. The minimum absolute atomic E-state index is 0.344. The Morgan fingerprint density at radius 3 is 2.81 bits per heavy atom. The average Bonchev–Trinajstić information content (AvgIpc) is 2.78. The Morgan fingerprint density at radius 1 is 1.50 bits per heavy atom. The summed E-state index contributed by atoms with van der Waals surface area (Å²) in [6, 6.07) is 0.344. The van der Waals surface area contributed by atoms with Crippen LogP contribution in [-0.4, -0.2) is 15.8 Å². The number of nitrogens with zero attached hydrogens (tertiary/aromatic N) is 2. The summed E-state index contributed by atoms with van der Waals surface area (Å²) in [6.45, 7) is 4.94. The molecule has 0 spiro atoms. The van der Waals surface area contributed by atoms with Crippen molar-refractivity contribution in [3.05, 3.63) is 16.4 Å². The Bertz CT molecular complexity index is 373. The van der Waals surface area contributed by atoms with Crippen molar-refractivity contribution >= 4 is 11.6 Å². The van der Waals surface area contributed by atoms with E-state index in [1.54, 1.807) is 0 Å². The number of hydrogen-bond donors (Lipinski definition) is 1. The Labute approximate surface area is 102 Å². The molecule has 2 unspecified atom stereocenters. The number of aromatic nitrogens is 2. The standard InChI is InChI=1S/C12H20ClN3/c1-3-16-11(12(13)8(2)15-16)7-9-5-4-6-10(9)14/h9-10H,3-7,14H2,1-2H3. The smallest absolute Gasteiger partial charge is 0.0847 e. The zero-order chi connectivity index (χ0) is 11.7. The van der Waals surface area contributed by atoms with Crippen LogP contribution < -0.4 is 5.73 Å². The molecule has 2 atom stereocenters. The molecule has 1 heterocycles. The van der Waals surface area contributed by atoms with E-state index in [4.69, 9.17) is 17.3 Å². The van der Waals surface area contributed by atoms with E-state index in [-0.39, 0.29) is 0 Å². The van der Waals surface area contributed by atoms with Crippen LogP contribution in [0.2, 0.25) is 5.02 Å². The Morgan fingerprint density at radius 2 is 2.25 bits per heavy atom. The van der Waals surface area contributed by atoms with E-state index < -0.39 is 0 Å². The molecule has 2 N–H and O–H groups in total. The summed E-state index contributed by atoms with van der Waals surface area (Å²) in [7, 11) is 0. The van der Waals surface area contributed by atoms with Gasteiger partial charge in [-0.1, -0.05) is 18.0 Å². The van der Waals surface area contributed by atoms with Crippen LogP contribution >= 0.6 is 11.6 Å². The summed E-state index contributed by atoms with van der Waals surface area (Å²) >= 11 is 6.29. The molecule has 0 aromatic carbocycles. The fraction of sp³-hybridized carbons (Fsp3) is 0.750. The first-order valence-electron chi connectivity index (χ1n) is 6.10. The number of nitrogens with two attached hydrogens (primary N) is 1. The van der Waals surface area contributed by atoms with Gasteiger partial charge in [-0.3, -0.25) is 4.68 Å². The maximum atomic E-state index is 6.29. The molecule has 0 aliphatic heterocycles. The van der Waals surface area contributed by atoms with Gasteiger partial charge in [-0.15, -0.1) is 0 Å². The summed E-state index contributed by atoms with van der Waals surface area (Å²) in [5.74, 6) is 0.582. The molecule has 1 aliphatic rings. The highest BCUT2D eigenvalue weighted by molar-refractivity contribution is 6.31. The largest absolute Gasteiger partial charge is 0.327 e. The van der Waals surface area contributed by atoms with Gasteiger partial charge in [0.1, 0.15) is 0 Å². The zero-order valence-corrected chi connectivity index (χ0v) is 10.8. The summed E-state index contributed by atoms with van der Waals surface area (Å²) in [4.78, 5) is 0. The second kappa shape index (κ2) is 4.76. The molecule has 0 radical (unpaired) electrons. The first-order valence-corrected chi connectivity index (χ1v) is 6.48. The molecule has 1 aromatic heterocycles. The number of halogens is 1. The maximum Gasteiger partial charge on any atom is 0.0847 e. The van der Waals surface area contributed by atoms with Crippen molar-refractivity contribution in [3.63, 3.8) is 0 Å². The molecule has 2 rings (SSSR count). The van der Waals surface area contributed by atoms with E-state index in [9.17, 15) is 0 Å². The summed E-state index contributed by atoms with van der Waals surface area (Å²) < 4.78 is 2.02. The minimum atomic E-state index is 0.344. The van der Waals surface area contributed by atoms with E-state index in [0.717, 1.165) is 30.1 Å². The van der Waals surface area contributed by atoms with Crippen LogP contribution in [0.25, 0.3) is 0 Å². The van der Waals surface area contributed by atoms with E-state index in [1.807, 2.05) is 11.6 Å². The normalized spacial score (nSPS) is 25.2. The van der Waals surface area contributed by atoms with Crippen LogP contribution in [0.3, 0.4) is 0 Å². The lowest BCUT2D eigenvalue weighted by Crippen LogP contribution is -2.26. The van der Waals surface area contributed by atoms with Crippen LogP contribution in [0.15, 0.2) is 0 Å². The molecular formula is C12H20ClN3. The van der Waals surface area contributed by atoms with E-state index >= 15 is 0 Å². The SMILES string of the molecule is CCn1nc(C)c(Cl)c1CC1CCCC1N. The third kappa shape index (κ3) is 2.11. The number of aryl methyl sites for hydroxylation is 2. The van der Waals surface area contributed by atoms with E-state index in [1.165, 1.54) is 18.5 Å². The molecular weight excluding hydrogens is 222 g/mol. The lowest BCUT2D eigenvalue weighted by Gasteiger charge is -2.16. The van der Waals surface area contributed by atoms with Gasteiger partial charge in [0.15, 0.2) is 0 Å². The highest BCUT2D eigenvalue weighted by atomic mass is 35.5. The van der Waals surface area contributed by atoms with Crippen molar-refractivity contribution in [2.45, 2.75) is 52.1 Å². The van der Waals surface area contributed by atoms with Crippen molar-refractivity contribution in [3.8, 4) is 0 Å². The Balaban J connectivity index is 2.19. The maximum absolute atomic E-state index is 6.29. The van der Waals surface area contributed by atoms with Crippen molar-refractivity contribution in [1.29, 1.82) is 0 Å². The van der Waals surface area contributed by atoms with Crippen molar-refractivity contribution in [2.24, 2.45) is 11.7 Å². The van der Waals surface area contributed by atoms with Crippen LogP contribution in [-0.2, 0) is 13.0 Å². The number of hydrogen-bond acceptors (Lipinski definition) is 2. The molecule has 0 amide bonds. The van der Waals surface area contributed by atoms with Crippen LogP contribution in [0.5, 0.6) is 0 Å². The molecule has 4 heteroatoms. The highest BCUT2D eigenvalue weighted by Gasteiger charge is 2.26. The second-order valence-electron chi connectivity index (χ2n) is 4.72. The van der Waals surface area contributed by atoms with Crippen LogP contribution in [0, 0.1) is 12.8 Å². The zero-order valence-electron chi connectivity index (χ0n) is 10.0. The monoisotopic (exact) mass is 241 g/mol. The van der Waals surface area contributed by atoms with Crippen molar-refractivity contribution in [1.82, 2.24) is 9.78 Å². The van der Waals surface area contributed by atoms with Crippen molar-refractivity contribution in [2.75, 3.05) is 0 Å².